The van der Waals surface area contributed by atoms with E-state index in [1.807, 2.05) is 13.8 Å². The van der Waals surface area contributed by atoms with E-state index in [9.17, 15) is 13.2 Å². The lowest BCUT2D eigenvalue weighted by Gasteiger charge is -2.13. The van der Waals surface area contributed by atoms with Gasteiger partial charge in [0.25, 0.3) is 0 Å². The molecule has 6 heteroatoms. The van der Waals surface area contributed by atoms with Gasteiger partial charge in [-0.1, -0.05) is 13.8 Å². The van der Waals surface area contributed by atoms with Gasteiger partial charge in [-0.15, -0.1) is 0 Å². The summed E-state index contributed by atoms with van der Waals surface area (Å²) in [5, 5.41) is 2.82. The smallest absolute Gasteiger partial charge is 0.227 e. The Morgan fingerprint density at radius 1 is 0.958 bits per heavy atom. The van der Waals surface area contributed by atoms with E-state index >= 15 is 0 Å². The molecule has 3 N–H and O–H groups in total. The number of amides is 1. The molecule has 0 saturated carbocycles. The first kappa shape index (κ1) is 18.0. The molecule has 0 aliphatic heterocycles. The van der Waals surface area contributed by atoms with Gasteiger partial charge in [-0.05, 0) is 61.4 Å². The first-order chi connectivity index (χ1) is 11.4. The van der Waals surface area contributed by atoms with Crippen molar-refractivity contribution in [2.24, 2.45) is 5.92 Å². The van der Waals surface area contributed by atoms with E-state index in [1.54, 1.807) is 24.3 Å². The van der Waals surface area contributed by atoms with Crippen LogP contribution in [-0.4, -0.2) is 14.3 Å². The minimum absolute atomic E-state index is 0.0387. The second-order valence-corrected chi connectivity index (χ2v) is 7.55. The van der Waals surface area contributed by atoms with Gasteiger partial charge in [0.1, 0.15) is 0 Å². The molecule has 1 amide bonds. The van der Waals surface area contributed by atoms with E-state index in [0.29, 0.717) is 11.4 Å². The Balaban J connectivity index is 2.20. The Morgan fingerprint density at radius 3 is 1.88 bits per heavy atom. The number of nitrogen functional groups attached to an aromatic ring is 1. The van der Waals surface area contributed by atoms with Gasteiger partial charge < -0.3 is 11.1 Å². The van der Waals surface area contributed by atoms with Gasteiger partial charge in [0, 0.05) is 17.3 Å². The van der Waals surface area contributed by atoms with E-state index in [1.165, 1.54) is 24.3 Å². The molecular weight excluding hydrogens is 324 g/mol. The molecule has 0 saturated heterocycles. The molecule has 0 fully saturated rings. The van der Waals surface area contributed by atoms with Crippen LogP contribution >= 0.6 is 0 Å². The molecule has 0 bridgehead atoms. The second kappa shape index (κ2) is 7.49. The second-order valence-electron chi connectivity index (χ2n) is 5.60. The first-order valence-corrected chi connectivity index (χ1v) is 9.38. The number of carbonyl (C=O) groups excluding carboxylic acids is 1. The topological polar surface area (TPSA) is 89.3 Å². The molecule has 0 atom stereocenters. The zero-order valence-corrected chi connectivity index (χ0v) is 14.6. The van der Waals surface area contributed by atoms with Gasteiger partial charge in [-0.25, -0.2) is 8.42 Å². The number of carbonyl (C=O) groups is 1. The normalized spacial score (nSPS) is 11.5. The van der Waals surface area contributed by atoms with Crippen LogP contribution in [0.4, 0.5) is 11.4 Å². The molecule has 2 aromatic carbocycles. The van der Waals surface area contributed by atoms with Crippen molar-refractivity contribution >= 4 is 27.1 Å². The molecule has 0 radical (unpaired) electrons. The molecule has 0 unspecified atom stereocenters. The van der Waals surface area contributed by atoms with Crippen molar-refractivity contribution in [3.05, 3.63) is 48.5 Å². The van der Waals surface area contributed by atoms with Crippen LogP contribution in [0.25, 0.3) is 0 Å². The van der Waals surface area contributed by atoms with Crippen LogP contribution in [0.2, 0.25) is 0 Å². The Kier molecular flexibility index (Phi) is 5.62. The summed E-state index contributed by atoms with van der Waals surface area (Å²) < 4.78 is 25.1. The van der Waals surface area contributed by atoms with Crippen LogP contribution in [0, 0.1) is 5.92 Å². The summed E-state index contributed by atoms with van der Waals surface area (Å²) in [5.41, 5.74) is 6.68. The maximum Gasteiger partial charge on any atom is 0.227 e. The van der Waals surface area contributed by atoms with Crippen molar-refractivity contribution in [1.29, 1.82) is 0 Å². The van der Waals surface area contributed by atoms with Gasteiger partial charge in [0.2, 0.25) is 15.7 Å². The van der Waals surface area contributed by atoms with E-state index in [0.717, 1.165) is 12.8 Å². The number of hydrogen-bond acceptors (Lipinski definition) is 4. The van der Waals surface area contributed by atoms with Crippen molar-refractivity contribution in [3.8, 4) is 0 Å². The molecule has 0 aliphatic carbocycles. The van der Waals surface area contributed by atoms with Crippen molar-refractivity contribution in [1.82, 2.24) is 0 Å². The van der Waals surface area contributed by atoms with E-state index < -0.39 is 9.84 Å². The number of rotatable bonds is 6. The van der Waals surface area contributed by atoms with Crippen molar-refractivity contribution < 1.29 is 13.2 Å². The van der Waals surface area contributed by atoms with Crippen LogP contribution in [-0.2, 0) is 14.6 Å². The Morgan fingerprint density at radius 2 is 1.42 bits per heavy atom. The van der Waals surface area contributed by atoms with Crippen LogP contribution in [0.5, 0.6) is 0 Å². The number of hydrogen-bond donors (Lipinski definition) is 2. The summed E-state index contributed by atoms with van der Waals surface area (Å²) in [5.74, 6) is -0.0858. The molecule has 2 rings (SSSR count). The first-order valence-electron chi connectivity index (χ1n) is 7.90. The highest BCUT2D eigenvalue weighted by molar-refractivity contribution is 7.91. The fourth-order valence-corrected chi connectivity index (χ4v) is 3.67. The number of nitrogens with two attached hydrogens (primary N) is 1. The minimum atomic E-state index is -3.59. The molecule has 0 heterocycles. The molecule has 0 aromatic heterocycles. The van der Waals surface area contributed by atoms with Gasteiger partial charge in [-0.2, -0.15) is 0 Å². The fourth-order valence-electron chi connectivity index (χ4n) is 2.40. The summed E-state index contributed by atoms with van der Waals surface area (Å²) in [4.78, 5) is 12.4. The molecular formula is C18H22N2O3S. The summed E-state index contributed by atoms with van der Waals surface area (Å²) >= 11 is 0. The van der Waals surface area contributed by atoms with Gasteiger partial charge in [0.05, 0.1) is 9.79 Å². The summed E-state index contributed by atoms with van der Waals surface area (Å²) in [7, 11) is -3.59. The highest BCUT2D eigenvalue weighted by Gasteiger charge is 2.18. The predicted octanol–water partition coefficient (Wildman–Crippen LogP) is 3.48. The maximum atomic E-state index is 12.6. The lowest BCUT2D eigenvalue weighted by atomic mass is 10.0. The molecule has 2 aromatic rings. The SMILES string of the molecule is CCC(CC)C(=O)Nc1ccc(S(=O)(=O)c2ccc(N)cc2)cc1. The third-order valence-corrected chi connectivity index (χ3v) is 5.76. The third-order valence-electron chi connectivity index (χ3n) is 3.98. The van der Waals surface area contributed by atoms with E-state index in [4.69, 9.17) is 5.73 Å². The average molecular weight is 346 g/mol. The molecule has 0 aliphatic rings. The van der Waals surface area contributed by atoms with E-state index in [2.05, 4.69) is 5.32 Å². The summed E-state index contributed by atoms with van der Waals surface area (Å²) in [6.45, 7) is 3.94. The van der Waals surface area contributed by atoms with Crippen molar-refractivity contribution in [2.75, 3.05) is 11.1 Å². The number of nitrogens with one attached hydrogen (secondary N) is 1. The average Bonchev–Trinajstić information content (AvgIpc) is 2.57. The monoisotopic (exact) mass is 346 g/mol. The molecule has 5 nitrogen and oxygen atoms in total. The summed E-state index contributed by atoms with van der Waals surface area (Å²) in [6.07, 6.45) is 1.54. The highest BCUT2D eigenvalue weighted by Crippen LogP contribution is 2.23. The highest BCUT2D eigenvalue weighted by atomic mass is 32.2. The Labute approximate surface area is 142 Å². The Bertz CT molecular complexity index is 793. The predicted molar refractivity (Wildman–Crippen MR) is 95.4 cm³/mol. The van der Waals surface area contributed by atoms with E-state index in [-0.39, 0.29) is 21.6 Å². The van der Waals surface area contributed by atoms with Gasteiger partial charge >= 0.3 is 0 Å². The zero-order valence-electron chi connectivity index (χ0n) is 13.8. The van der Waals surface area contributed by atoms with Crippen LogP contribution < -0.4 is 11.1 Å². The van der Waals surface area contributed by atoms with Crippen molar-refractivity contribution in [3.63, 3.8) is 0 Å². The van der Waals surface area contributed by atoms with Crippen LogP contribution in [0.1, 0.15) is 26.7 Å². The van der Waals surface area contributed by atoms with Gasteiger partial charge in [0.15, 0.2) is 0 Å². The zero-order chi connectivity index (χ0) is 17.7. The minimum Gasteiger partial charge on any atom is -0.399 e. The number of anilines is 2. The Hall–Kier alpha value is -2.34. The third kappa shape index (κ3) is 3.94. The standard InChI is InChI=1S/C18H22N2O3S/c1-3-13(4-2)18(21)20-15-7-11-17(12-8-15)24(22,23)16-9-5-14(19)6-10-16/h5-13H,3-4,19H2,1-2H3,(H,20,21). The number of sulfone groups is 1. The summed E-state index contributed by atoms with van der Waals surface area (Å²) in [6, 6.07) is 12.3. The van der Waals surface area contributed by atoms with Crippen LogP contribution in [0.3, 0.4) is 0 Å². The molecule has 128 valence electrons. The van der Waals surface area contributed by atoms with Crippen LogP contribution in [0.15, 0.2) is 58.3 Å². The van der Waals surface area contributed by atoms with Crippen molar-refractivity contribution in [2.45, 2.75) is 36.5 Å². The lowest BCUT2D eigenvalue weighted by molar-refractivity contribution is -0.120. The quantitative estimate of drug-likeness (QED) is 0.784. The molecule has 24 heavy (non-hydrogen) atoms. The lowest BCUT2D eigenvalue weighted by Crippen LogP contribution is -2.21. The maximum absolute atomic E-state index is 12.6. The van der Waals surface area contributed by atoms with Gasteiger partial charge in [-0.3, -0.25) is 4.79 Å². The molecule has 0 spiro atoms. The fraction of sp³-hybridized carbons (Fsp3) is 0.278. The largest absolute Gasteiger partial charge is 0.399 e. The number of benzene rings is 2.